The molecule has 5 nitrogen and oxygen atoms in total. The third-order valence-corrected chi connectivity index (χ3v) is 2.33. The second-order valence-electron chi connectivity index (χ2n) is 3.64. The quantitative estimate of drug-likeness (QED) is 0.674. The van der Waals surface area contributed by atoms with Gasteiger partial charge in [0, 0.05) is 6.92 Å². The topological polar surface area (TPSA) is 73.9 Å². The summed E-state index contributed by atoms with van der Waals surface area (Å²) in [4.78, 5) is 14.1. The van der Waals surface area contributed by atoms with E-state index in [1.54, 1.807) is 24.3 Å². The van der Waals surface area contributed by atoms with E-state index in [1.165, 1.54) is 6.92 Å². The number of aliphatic hydroxyl groups is 2. The molecular weight excluding hydrogens is 220 g/mol. The van der Waals surface area contributed by atoms with Crippen molar-refractivity contribution in [3.63, 3.8) is 0 Å². The van der Waals surface area contributed by atoms with Gasteiger partial charge in [0.25, 0.3) is 0 Å². The summed E-state index contributed by atoms with van der Waals surface area (Å²) in [6.07, 6.45) is -0.997. The van der Waals surface area contributed by atoms with Gasteiger partial charge in [-0.15, -0.1) is 0 Å². The largest absolute Gasteiger partial charge is 0.394 e. The van der Waals surface area contributed by atoms with E-state index in [9.17, 15) is 9.90 Å². The maximum Gasteiger partial charge on any atom is 0.217 e. The average molecular weight is 234 g/mol. The lowest BCUT2D eigenvalue weighted by Gasteiger charge is -2.21. The van der Waals surface area contributed by atoms with Crippen LogP contribution in [0.25, 0.3) is 4.85 Å². The van der Waals surface area contributed by atoms with Crippen molar-refractivity contribution in [1.29, 1.82) is 0 Å². The van der Waals surface area contributed by atoms with Crippen LogP contribution in [0, 0.1) is 6.57 Å². The van der Waals surface area contributed by atoms with Gasteiger partial charge in [-0.05, 0) is 5.56 Å². The Morgan fingerprint density at radius 1 is 1.47 bits per heavy atom. The van der Waals surface area contributed by atoms with Gasteiger partial charge in [-0.3, -0.25) is 4.79 Å². The lowest BCUT2D eigenvalue weighted by atomic mass is 10.0. The fraction of sp³-hybridized carbons (Fsp3) is 0.333. The van der Waals surface area contributed by atoms with Crippen molar-refractivity contribution < 1.29 is 15.0 Å². The van der Waals surface area contributed by atoms with Gasteiger partial charge in [0.1, 0.15) is 6.10 Å². The molecule has 0 radical (unpaired) electrons. The molecule has 5 heteroatoms. The molecule has 0 aliphatic carbocycles. The van der Waals surface area contributed by atoms with Gasteiger partial charge in [-0.2, -0.15) is 0 Å². The molecule has 1 amide bonds. The Labute approximate surface area is 99.5 Å². The molecule has 0 bridgehead atoms. The van der Waals surface area contributed by atoms with E-state index in [2.05, 4.69) is 10.2 Å². The molecule has 0 saturated carbocycles. The van der Waals surface area contributed by atoms with Gasteiger partial charge in [-0.25, -0.2) is 4.85 Å². The number of amides is 1. The van der Waals surface area contributed by atoms with Crippen LogP contribution < -0.4 is 5.32 Å². The zero-order valence-corrected chi connectivity index (χ0v) is 9.42. The Bertz CT molecular complexity index is 422. The van der Waals surface area contributed by atoms with Crippen molar-refractivity contribution in [2.75, 3.05) is 6.61 Å². The first-order valence-corrected chi connectivity index (χ1v) is 5.12. The van der Waals surface area contributed by atoms with E-state index in [0.29, 0.717) is 11.3 Å². The summed E-state index contributed by atoms with van der Waals surface area (Å²) < 4.78 is 0. The van der Waals surface area contributed by atoms with Gasteiger partial charge >= 0.3 is 0 Å². The van der Waals surface area contributed by atoms with E-state index < -0.39 is 12.1 Å². The second-order valence-corrected chi connectivity index (χ2v) is 3.64. The Balaban J connectivity index is 2.82. The van der Waals surface area contributed by atoms with Crippen LogP contribution in [0.4, 0.5) is 5.69 Å². The van der Waals surface area contributed by atoms with Crippen LogP contribution in [0.2, 0.25) is 0 Å². The second kappa shape index (κ2) is 5.99. The molecule has 17 heavy (non-hydrogen) atoms. The summed E-state index contributed by atoms with van der Waals surface area (Å²) in [5.41, 5.74) is 1.02. The molecule has 0 unspecified atom stereocenters. The van der Waals surface area contributed by atoms with E-state index in [-0.39, 0.29) is 12.5 Å². The molecule has 2 atom stereocenters. The number of nitrogens with one attached hydrogen (secondary N) is 1. The summed E-state index contributed by atoms with van der Waals surface area (Å²) in [7, 11) is 0. The highest BCUT2D eigenvalue weighted by atomic mass is 16.3. The van der Waals surface area contributed by atoms with E-state index >= 15 is 0 Å². The summed E-state index contributed by atoms with van der Waals surface area (Å²) in [5.74, 6) is -0.319. The number of nitrogens with zero attached hydrogens (tertiary/aromatic N) is 1. The van der Waals surface area contributed by atoms with E-state index in [4.69, 9.17) is 11.7 Å². The minimum Gasteiger partial charge on any atom is -0.394 e. The van der Waals surface area contributed by atoms with Crippen molar-refractivity contribution in [2.45, 2.75) is 19.1 Å². The van der Waals surface area contributed by atoms with Gasteiger partial charge in [0.15, 0.2) is 5.69 Å². The Hall–Kier alpha value is -1.90. The SMILES string of the molecule is [C-]#[N+]c1ccc([C@@H](O)[C@@H](CO)NC(C)=O)cc1. The van der Waals surface area contributed by atoms with Crippen molar-refractivity contribution in [3.8, 4) is 0 Å². The Morgan fingerprint density at radius 3 is 2.47 bits per heavy atom. The Morgan fingerprint density at radius 2 is 2.06 bits per heavy atom. The molecule has 0 aliphatic heterocycles. The molecule has 0 aliphatic rings. The number of carbonyl (C=O) groups excluding carboxylic acids is 1. The summed E-state index contributed by atoms with van der Waals surface area (Å²) >= 11 is 0. The maximum absolute atomic E-state index is 10.9. The molecule has 0 spiro atoms. The Kier molecular flexibility index (Phi) is 4.64. The molecule has 3 N–H and O–H groups in total. The molecule has 0 fully saturated rings. The smallest absolute Gasteiger partial charge is 0.217 e. The highest BCUT2D eigenvalue weighted by Crippen LogP contribution is 2.20. The molecule has 0 saturated heterocycles. The van der Waals surface area contributed by atoms with E-state index in [1.807, 2.05) is 0 Å². The third-order valence-electron chi connectivity index (χ3n) is 2.33. The van der Waals surface area contributed by atoms with Crippen molar-refractivity contribution >= 4 is 11.6 Å². The molecule has 0 aromatic heterocycles. The van der Waals surface area contributed by atoms with Crippen LogP contribution >= 0.6 is 0 Å². The van der Waals surface area contributed by atoms with Gasteiger partial charge < -0.3 is 15.5 Å². The number of aliphatic hydroxyl groups excluding tert-OH is 2. The number of benzene rings is 1. The van der Waals surface area contributed by atoms with Crippen molar-refractivity contribution in [2.24, 2.45) is 0 Å². The monoisotopic (exact) mass is 234 g/mol. The lowest BCUT2D eigenvalue weighted by molar-refractivity contribution is -0.121. The number of carbonyl (C=O) groups is 1. The van der Waals surface area contributed by atoms with Crippen LogP contribution in [-0.2, 0) is 4.79 Å². The average Bonchev–Trinajstić information content (AvgIpc) is 2.35. The molecule has 1 rings (SSSR count). The molecule has 90 valence electrons. The number of hydrogen-bond acceptors (Lipinski definition) is 3. The predicted octanol–water partition coefficient (Wildman–Crippen LogP) is 0.768. The third kappa shape index (κ3) is 3.55. The van der Waals surface area contributed by atoms with Crippen LogP contribution in [-0.4, -0.2) is 28.8 Å². The highest BCUT2D eigenvalue weighted by molar-refractivity contribution is 5.73. The van der Waals surface area contributed by atoms with Crippen LogP contribution in [0.1, 0.15) is 18.6 Å². The first-order chi connectivity index (χ1) is 8.08. The maximum atomic E-state index is 10.9. The summed E-state index contributed by atoms with van der Waals surface area (Å²) in [6.45, 7) is 7.76. The van der Waals surface area contributed by atoms with Crippen LogP contribution in [0.15, 0.2) is 24.3 Å². The standard InChI is InChI=1S/C12H14N2O3/c1-8(16)14-11(7-15)12(17)9-3-5-10(13-2)6-4-9/h3-6,11-12,15,17H,7H2,1H3,(H,14,16)/t11-,12-/m1/s1. The molecular formula is C12H14N2O3. The van der Waals surface area contributed by atoms with Gasteiger partial charge in [-0.1, -0.05) is 24.3 Å². The number of rotatable bonds is 4. The fourth-order valence-electron chi connectivity index (χ4n) is 1.46. The first-order valence-electron chi connectivity index (χ1n) is 5.12. The highest BCUT2D eigenvalue weighted by Gasteiger charge is 2.20. The summed E-state index contributed by atoms with van der Waals surface area (Å²) in [5, 5.41) is 21.5. The van der Waals surface area contributed by atoms with Gasteiger partial charge in [0.05, 0.1) is 19.2 Å². The minimum atomic E-state index is -0.997. The van der Waals surface area contributed by atoms with Gasteiger partial charge in [0.2, 0.25) is 5.91 Å². The zero-order valence-electron chi connectivity index (χ0n) is 9.42. The van der Waals surface area contributed by atoms with Crippen LogP contribution in [0.3, 0.4) is 0 Å². The van der Waals surface area contributed by atoms with Crippen molar-refractivity contribution in [3.05, 3.63) is 41.2 Å². The first kappa shape index (κ1) is 13.2. The summed E-state index contributed by atoms with van der Waals surface area (Å²) in [6, 6.07) is 5.61. The van der Waals surface area contributed by atoms with E-state index in [0.717, 1.165) is 0 Å². The molecule has 0 heterocycles. The van der Waals surface area contributed by atoms with Crippen molar-refractivity contribution in [1.82, 2.24) is 5.32 Å². The molecule has 1 aromatic carbocycles. The molecule has 1 aromatic rings. The normalized spacial score (nSPS) is 13.5. The lowest BCUT2D eigenvalue weighted by Crippen LogP contribution is -2.40. The minimum absolute atomic E-state index is 0.319. The van der Waals surface area contributed by atoms with Crippen LogP contribution in [0.5, 0.6) is 0 Å². The number of hydrogen-bond donors (Lipinski definition) is 3. The zero-order chi connectivity index (χ0) is 12.8. The predicted molar refractivity (Wildman–Crippen MR) is 62.4 cm³/mol. The fourth-order valence-corrected chi connectivity index (χ4v) is 1.46.